The predicted molar refractivity (Wildman–Crippen MR) is 117 cm³/mol. The number of nitrogens with one attached hydrogen (secondary N) is 1. The molecule has 2 saturated heterocycles. The summed E-state index contributed by atoms with van der Waals surface area (Å²) in [4.78, 5) is 27.1. The van der Waals surface area contributed by atoms with E-state index in [1.807, 2.05) is 32.9 Å². The SMILES string of the molecule is CC(C)(C)OC(=O)N1CCCC1C(=O)NCC1(c2ccc(Cl)cc2Cl)CCOCC1. The molecule has 1 unspecified atom stereocenters. The number of hydrogen-bond acceptors (Lipinski definition) is 4. The van der Waals surface area contributed by atoms with Crippen molar-refractivity contribution in [2.45, 2.75) is 63.5 Å². The van der Waals surface area contributed by atoms with Gasteiger partial charge in [-0.05, 0) is 64.2 Å². The zero-order valence-electron chi connectivity index (χ0n) is 17.8. The summed E-state index contributed by atoms with van der Waals surface area (Å²) in [5.74, 6) is -0.158. The lowest BCUT2D eigenvalue weighted by atomic mass is 9.74. The van der Waals surface area contributed by atoms with Gasteiger partial charge in [-0.15, -0.1) is 0 Å². The molecule has 0 radical (unpaired) electrons. The van der Waals surface area contributed by atoms with Gasteiger partial charge in [-0.3, -0.25) is 9.69 Å². The largest absolute Gasteiger partial charge is 0.444 e. The lowest BCUT2D eigenvalue weighted by molar-refractivity contribution is -0.126. The average Bonchev–Trinajstić information content (AvgIpc) is 3.15. The van der Waals surface area contributed by atoms with Gasteiger partial charge in [0.15, 0.2) is 0 Å². The summed E-state index contributed by atoms with van der Waals surface area (Å²) in [5, 5.41) is 4.26. The van der Waals surface area contributed by atoms with E-state index in [2.05, 4.69) is 5.32 Å². The Labute approximate surface area is 188 Å². The van der Waals surface area contributed by atoms with Crippen LogP contribution in [0.1, 0.15) is 52.0 Å². The summed E-state index contributed by atoms with van der Waals surface area (Å²) in [6, 6.07) is 4.98. The van der Waals surface area contributed by atoms with Crippen LogP contribution >= 0.6 is 23.2 Å². The minimum Gasteiger partial charge on any atom is -0.444 e. The van der Waals surface area contributed by atoms with Crippen LogP contribution in [0.5, 0.6) is 0 Å². The third-order valence-electron chi connectivity index (χ3n) is 5.74. The summed E-state index contributed by atoms with van der Waals surface area (Å²) in [7, 11) is 0. The number of benzene rings is 1. The van der Waals surface area contributed by atoms with Crippen LogP contribution in [0.2, 0.25) is 10.0 Å². The Balaban J connectivity index is 1.72. The van der Waals surface area contributed by atoms with E-state index in [0.717, 1.165) is 24.8 Å². The van der Waals surface area contributed by atoms with Gasteiger partial charge in [-0.2, -0.15) is 0 Å². The van der Waals surface area contributed by atoms with Gasteiger partial charge in [0.2, 0.25) is 5.91 Å². The van der Waals surface area contributed by atoms with Gasteiger partial charge in [0.25, 0.3) is 0 Å². The lowest BCUT2D eigenvalue weighted by Gasteiger charge is -2.39. The van der Waals surface area contributed by atoms with E-state index in [4.69, 9.17) is 32.7 Å². The van der Waals surface area contributed by atoms with Crippen LogP contribution in [0.25, 0.3) is 0 Å². The van der Waals surface area contributed by atoms with Crippen LogP contribution in [0, 0.1) is 0 Å². The molecule has 1 aromatic rings. The minimum atomic E-state index is -0.599. The number of halogens is 2. The van der Waals surface area contributed by atoms with Crippen molar-refractivity contribution in [3.63, 3.8) is 0 Å². The van der Waals surface area contributed by atoms with Crippen molar-refractivity contribution in [3.8, 4) is 0 Å². The highest BCUT2D eigenvalue weighted by Crippen LogP contribution is 2.39. The first kappa shape index (κ1) is 23.2. The van der Waals surface area contributed by atoms with Crippen LogP contribution in [0.4, 0.5) is 4.79 Å². The maximum Gasteiger partial charge on any atom is 0.410 e. The Hall–Kier alpha value is -1.50. The molecule has 2 aliphatic rings. The fraction of sp³-hybridized carbons (Fsp3) is 0.636. The standard InChI is InChI=1S/C22H30Cl2N2O4/c1-21(2,3)30-20(28)26-10-4-5-18(26)19(27)25-14-22(8-11-29-12-9-22)16-7-6-15(23)13-17(16)24/h6-7,13,18H,4-5,8-12,14H2,1-3H3,(H,25,27). The molecule has 0 aliphatic carbocycles. The number of hydrogen-bond donors (Lipinski definition) is 1. The quantitative estimate of drug-likeness (QED) is 0.720. The van der Waals surface area contributed by atoms with Crippen molar-refractivity contribution in [1.82, 2.24) is 10.2 Å². The highest BCUT2D eigenvalue weighted by Gasteiger charge is 2.40. The molecule has 2 fully saturated rings. The van der Waals surface area contributed by atoms with Gasteiger partial charge in [-0.25, -0.2) is 4.79 Å². The normalized spacial score (nSPS) is 21.4. The van der Waals surface area contributed by atoms with E-state index in [0.29, 0.717) is 42.8 Å². The highest BCUT2D eigenvalue weighted by atomic mass is 35.5. The number of carbonyl (C=O) groups is 2. The molecule has 0 saturated carbocycles. The Kier molecular flexibility index (Phi) is 7.20. The smallest absolute Gasteiger partial charge is 0.410 e. The summed E-state index contributed by atoms with van der Waals surface area (Å²) in [6.45, 7) is 7.61. The van der Waals surface area contributed by atoms with E-state index in [-0.39, 0.29) is 11.3 Å². The van der Waals surface area contributed by atoms with Gasteiger partial charge >= 0.3 is 6.09 Å². The molecule has 166 valence electrons. The van der Waals surface area contributed by atoms with Crippen molar-refractivity contribution >= 4 is 35.2 Å². The Bertz CT molecular complexity index is 788. The molecule has 2 aliphatic heterocycles. The summed E-state index contributed by atoms with van der Waals surface area (Å²) in [5.41, 5.74) is 0.0379. The molecule has 1 aromatic carbocycles. The molecule has 1 atom stereocenters. The Morgan fingerprint density at radius 3 is 2.60 bits per heavy atom. The van der Waals surface area contributed by atoms with E-state index in [1.54, 1.807) is 6.07 Å². The van der Waals surface area contributed by atoms with E-state index >= 15 is 0 Å². The number of ether oxygens (including phenoxy) is 2. The molecular weight excluding hydrogens is 427 g/mol. The summed E-state index contributed by atoms with van der Waals surface area (Å²) in [6.07, 6.45) is 2.45. The molecule has 2 amide bonds. The minimum absolute atomic E-state index is 0.158. The molecule has 0 bridgehead atoms. The second kappa shape index (κ2) is 9.33. The van der Waals surface area contributed by atoms with Crippen LogP contribution in [0.15, 0.2) is 18.2 Å². The van der Waals surface area contributed by atoms with Gasteiger partial charge in [0.05, 0.1) is 0 Å². The molecule has 30 heavy (non-hydrogen) atoms. The van der Waals surface area contributed by atoms with Crippen molar-refractivity contribution in [3.05, 3.63) is 33.8 Å². The zero-order chi connectivity index (χ0) is 21.9. The van der Waals surface area contributed by atoms with Crippen LogP contribution in [-0.2, 0) is 19.7 Å². The predicted octanol–water partition coefficient (Wildman–Crippen LogP) is 4.56. The van der Waals surface area contributed by atoms with Crippen molar-refractivity contribution < 1.29 is 19.1 Å². The van der Waals surface area contributed by atoms with Gasteiger partial charge in [0.1, 0.15) is 11.6 Å². The van der Waals surface area contributed by atoms with E-state index in [9.17, 15) is 9.59 Å². The summed E-state index contributed by atoms with van der Waals surface area (Å²) >= 11 is 12.6. The van der Waals surface area contributed by atoms with Crippen molar-refractivity contribution in [2.75, 3.05) is 26.3 Å². The van der Waals surface area contributed by atoms with Crippen molar-refractivity contribution in [1.29, 1.82) is 0 Å². The second-order valence-electron chi connectivity index (χ2n) is 9.07. The number of rotatable bonds is 4. The monoisotopic (exact) mass is 456 g/mol. The topological polar surface area (TPSA) is 67.9 Å². The molecular formula is C22H30Cl2N2O4. The fourth-order valence-corrected chi connectivity index (χ4v) is 4.78. The van der Waals surface area contributed by atoms with Crippen LogP contribution in [0.3, 0.4) is 0 Å². The molecule has 3 rings (SSSR count). The fourth-order valence-electron chi connectivity index (χ4n) is 4.18. The van der Waals surface area contributed by atoms with E-state index in [1.165, 1.54) is 4.90 Å². The maximum atomic E-state index is 13.0. The molecule has 8 heteroatoms. The van der Waals surface area contributed by atoms with Gasteiger partial charge in [0, 0.05) is 41.8 Å². The van der Waals surface area contributed by atoms with Crippen LogP contribution in [-0.4, -0.2) is 54.8 Å². The highest BCUT2D eigenvalue weighted by molar-refractivity contribution is 6.35. The lowest BCUT2D eigenvalue weighted by Crippen LogP contribution is -2.51. The summed E-state index contributed by atoms with van der Waals surface area (Å²) < 4.78 is 11.0. The van der Waals surface area contributed by atoms with Gasteiger partial charge in [-0.1, -0.05) is 29.3 Å². The number of amides is 2. The second-order valence-corrected chi connectivity index (χ2v) is 9.91. The third-order valence-corrected chi connectivity index (χ3v) is 6.28. The van der Waals surface area contributed by atoms with Crippen LogP contribution < -0.4 is 5.32 Å². The first-order valence-corrected chi connectivity index (χ1v) is 11.2. The molecule has 0 spiro atoms. The first-order valence-electron chi connectivity index (χ1n) is 10.4. The third kappa shape index (κ3) is 5.40. The first-order chi connectivity index (χ1) is 14.1. The average molecular weight is 457 g/mol. The Morgan fingerprint density at radius 2 is 1.97 bits per heavy atom. The number of likely N-dealkylation sites (tertiary alicyclic amines) is 1. The number of nitrogens with zero attached hydrogens (tertiary/aromatic N) is 1. The Morgan fingerprint density at radius 1 is 1.27 bits per heavy atom. The molecule has 0 aromatic heterocycles. The van der Waals surface area contributed by atoms with E-state index < -0.39 is 17.7 Å². The zero-order valence-corrected chi connectivity index (χ0v) is 19.3. The maximum absolute atomic E-state index is 13.0. The number of carbonyl (C=O) groups excluding carboxylic acids is 2. The molecule has 6 nitrogen and oxygen atoms in total. The van der Waals surface area contributed by atoms with Gasteiger partial charge < -0.3 is 14.8 Å². The van der Waals surface area contributed by atoms with Crippen molar-refractivity contribution in [2.24, 2.45) is 0 Å². The molecule has 1 N–H and O–H groups in total. The molecule has 2 heterocycles.